The number of hydrogen-bond donors (Lipinski definition) is 0. The van der Waals surface area contributed by atoms with Crippen molar-refractivity contribution in [2.75, 3.05) is 0 Å². The minimum atomic E-state index is -3.83. The molecule has 0 saturated heterocycles. The average molecular weight is 465 g/mol. The van der Waals surface area contributed by atoms with Crippen molar-refractivity contribution in [3.8, 4) is 0 Å². The van der Waals surface area contributed by atoms with Crippen LogP contribution in [0.3, 0.4) is 0 Å². The standard InChI is InChI=1S/C26H24O4S2/c27-31(28,18-7-3-1-4-8-18)24-22-20-16-11-12-17(15-16)21(20)23(26(22)13-14-26)25(24)32(29,30)19-9-5-2-6-10-19/h1-12,16-17,22-25H,13-15H2/t16-,17+,22+,23-,24+,25-. The SMILES string of the molecule is O=S(=O)(c1ccccc1)[C@@H]1[C@H](S(=O)(=O)c2ccccc2)[C@H]2C3=C([C@@H]4C=C[C@H]3C4)[C@@H]1C21CC1. The lowest BCUT2D eigenvalue weighted by molar-refractivity contribution is 0.359. The van der Waals surface area contributed by atoms with Gasteiger partial charge in [0.2, 0.25) is 0 Å². The number of hydrogen-bond acceptors (Lipinski definition) is 4. The predicted molar refractivity (Wildman–Crippen MR) is 121 cm³/mol. The number of benzene rings is 2. The largest absolute Gasteiger partial charge is 0.223 e. The summed E-state index contributed by atoms with van der Waals surface area (Å²) in [7, 11) is -7.67. The third kappa shape index (κ3) is 2.18. The maximum atomic E-state index is 14.1. The Balaban J connectivity index is 1.48. The molecule has 0 amide bonds. The van der Waals surface area contributed by atoms with Gasteiger partial charge in [-0.15, -0.1) is 0 Å². The van der Waals surface area contributed by atoms with Crippen LogP contribution in [0.2, 0.25) is 0 Å². The smallest absolute Gasteiger partial charge is 0.183 e. The Morgan fingerprint density at radius 1 is 0.625 bits per heavy atom. The van der Waals surface area contributed by atoms with Crippen molar-refractivity contribution in [3.05, 3.63) is 84.0 Å². The fourth-order valence-electron chi connectivity index (χ4n) is 7.62. The van der Waals surface area contributed by atoms with Crippen molar-refractivity contribution >= 4 is 19.7 Å². The molecule has 32 heavy (non-hydrogen) atoms. The van der Waals surface area contributed by atoms with Gasteiger partial charge in [-0.2, -0.15) is 0 Å². The van der Waals surface area contributed by atoms with E-state index in [2.05, 4.69) is 12.2 Å². The van der Waals surface area contributed by atoms with E-state index in [1.165, 1.54) is 11.1 Å². The van der Waals surface area contributed by atoms with E-state index in [9.17, 15) is 16.8 Å². The van der Waals surface area contributed by atoms with Crippen LogP contribution in [-0.4, -0.2) is 27.3 Å². The zero-order valence-electron chi connectivity index (χ0n) is 17.5. The van der Waals surface area contributed by atoms with Gasteiger partial charge in [-0.05, 0) is 60.8 Å². The van der Waals surface area contributed by atoms with E-state index >= 15 is 0 Å². The minimum absolute atomic E-state index is 0.184. The van der Waals surface area contributed by atoms with E-state index in [1.807, 2.05) is 0 Å². The molecule has 4 nitrogen and oxygen atoms in total. The molecule has 6 atom stereocenters. The highest BCUT2D eigenvalue weighted by Gasteiger charge is 2.78. The zero-order valence-corrected chi connectivity index (χ0v) is 19.1. The molecule has 2 aromatic carbocycles. The molecule has 0 radical (unpaired) electrons. The third-order valence-electron chi connectivity index (χ3n) is 8.79. The van der Waals surface area contributed by atoms with Crippen LogP contribution in [0.4, 0.5) is 0 Å². The summed E-state index contributed by atoms with van der Waals surface area (Å²) in [5.41, 5.74) is 2.38. The lowest BCUT2D eigenvalue weighted by Gasteiger charge is -2.34. The molecule has 6 heteroatoms. The lowest BCUT2D eigenvalue weighted by atomic mass is 9.84. The Kier molecular flexibility index (Phi) is 3.64. The quantitative estimate of drug-likeness (QED) is 0.636. The molecule has 1 spiro atoms. The molecule has 0 unspecified atom stereocenters. The average Bonchev–Trinajstić information content (AvgIpc) is 3.08. The first kappa shape index (κ1) is 19.3. The van der Waals surface area contributed by atoms with E-state index in [1.54, 1.807) is 60.7 Å². The van der Waals surface area contributed by atoms with Gasteiger partial charge in [0, 0.05) is 11.8 Å². The van der Waals surface area contributed by atoms with E-state index in [0.29, 0.717) is 0 Å². The Labute approximate surface area is 188 Å². The Morgan fingerprint density at radius 2 is 1.03 bits per heavy atom. The highest BCUT2D eigenvalue weighted by atomic mass is 32.2. The van der Waals surface area contributed by atoms with Crippen molar-refractivity contribution in [1.29, 1.82) is 0 Å². The van der Waals surface area contributed by atoms with Crippen molar-refractivity contribution in [2.45, 2.75) is 39.6 Å². The van der Waals surface area contributed by atoms with Crippen LogP contribution in [0.25, 0.3) is 0 Å². The maximum absolute atomic E-state index is 14.1. The van der Waals surface area contributed by atoms with Crippen LogP contribution in [0.5, 0.6) is 0 Å². The fraction of sp³-hybridized carbons (Fsp3) is 0.385. The molecule has 2 saturated carbocycles. The van der Waals surface area contributed by atoms with Gasteiger partial charge in [0.25, 0.3) is 0 Å². The zero-order chi connectivity index (χ0) is 21.9. The summed E-state index contributed by atoms with van der Waals surface area (Å²) < 4.78 is 56.5. The van der Waals surface area contributed by atoms with Crippen LogP contribution in [0.15, 0.2) is 93.8 Å². The first-order valence-corrected chi connectivity index (χ1v) is 14.5. The van der Waals surface area contributed by atoms with Crippen molar-refractivity contribution < 1.29 is 16.8 Å². The fourth-order valence-corrected chi connectivity index (χ4v) is 12.8. The number of fused-ring (bicyclic) bond motifs is 6. The molecule has 5 aliphatic carbocycles. The molecule has 164 valence electrons. The molecule has 0 aromatic heterocycles. The normalized spacial score (nSPS) is 35.6. The predicted octanol–water partition coefficient (Wildman–Crippen LogP) is 4.21. The second-order valence-corrected chi connectivity index (χ2v) is 14.3. The van der Waals surface area contributed by atoms with Gasteiger partial charge in [0.05, 0.1) is 20.3 Å². The van der Waals surface area contributed by atoms with Crippen molar-refractivity contribution in [2.24, 2.45) is 29.1 Å². The van der Waals surface area contributed by atoms with E-state index in [0.717, 1.165) is 19.3 Å². The summed E-state index contributed by atoms with van der Waals surface area (Å²) in [5, 5.41) is -1.84. The van der Waals surface area contributed by atoms with Gasteiger partial charge < -0.3 is 0 Å². The summed E-state index contributed by atoms with van der Waals surface area (Å²) in [5.74, 6) is 0.208. The van der Waals surface area contributed by atoms with Crippen molar-refractivity contribution in [1.82, 2.24) is 0 Å². The number of sulfone groups is 2. The van der Waals surface area contributed by atoms with Crippen LogP contribution in [-0.2, 0) is 19.7 Å². The van der Waals surface area contributed by atoms with E-state index < -0.39 is 30.2 Å². The summed E-state index contributed by atoms with van der Waals surface area (Å²) in [6.07, 6.45) is 7.30. The molecule has 0 aliphatic heterocycles. The third-order valence-corrected chi connectivity index (χ3v) is 13.4. The highest BCUT2D eigenvalue weighted by Crippen LogP contribution is 2.79. The molecule has 2 fully saturated rings. The molecule has 4 bridgehead atoms. The Hall–Kier alpha value is -2.18. The van der Waals surface area contributed by atoms with Gasteiger partial charge in [0.1, 0.15) is 0 Å². The van der Waals surface area contributed by atoms with Crippen LogP contribution >= 0.6 is 0 Å². The Bertz CT molecular complexity index is 1300. The number of allylic oxidation sites excluding steroid dienone is 4. The maximum Gasteiger partial charge on any atom is 0.183 e. The monoisotopic (exact) mass is 464 g/mol. The van der Waals surface area contributed by atoms with Crippen LogP contribution < -0.4 is 0 Å². The van der Waals surface area contributed by atoms with E-state index in [-0.39, 0.29) is 38.9 Å². The summed E-state index contributed by atoms with van der Waals surface area (Å²) in [6.45, 7) is 0. The van der Waals surface area contributed by atoms with Gasteiger partial charge >= 0.3 is 0 Å². The van der Waals surface area contributed by atoms with E-state index in [4.69, 9.17) is 0 Å². The number of rotatable bonds is 4. The lowest BCUT2D eigenvalue weighted by Crippen LogP contribution is -2.45. The Morgan fingerprint density at radius 3 is 1.41 bits per heavy atom. The van der Waals surface area contributed by atoms with Crippen LogP contribution in [0.1, 0.15) is 19.3 Å². The van der Waals surface area contributed by atoms with Gasteiger partial charge in [0.15, 0.2) is 19.7 Å². The second kappa shape index (κ2) is 6.03. The topological polar surface area (TPSA) is 68.3 Å². The summed E-state index contributed by atoms with van der Waals surface area (Å²) >= 11 is 0. The van der Waals surface area contributed by atoms with Gasteiger partial charge in [-0.1, -0.05) is 59.7 Å². The molecule has 0 N–H and O–H groups in total. The highest BCUT2D eigenvalue weighted by molar-refractivity contribution is 7.96. The van der Waals surface area contributed by atoms with Gasteiger partial charge in [-0.3, -0.25) is 0 Å². The van der Waals surface area contributed by atoms with Crippen molar-refractivity contribution in [3.63, 3.8) is 0 Å². The molecule has 0 heterocycles. The first-order valence-electron chi connectivity index (χ1n) is 11.4. The molecule has 7 rings (SSSR count). The molecular formula is C26H24O4S2. The molecule has 2 aromatic rings. The summed E-state index contributed by atoms with van der Waals surface area (Å²) in [6, 6.07) is 16.9. The molecular weight excluding hydrogens is 440 g/mol. The summed E-state index contributed by atoms with van der Waals surface area (Å²) in [4.78, 5) is 0.477. The van der Waals surface area contributed by atoms with Crippen LogP contribution in [0, 0.1) is 29.1 Å². The minimum Gasteiger partial charge on any atom is -0.223 e. The molecule has 5 aliphatic rings. The first-order chi connectivity index (χ1) is 15.4. The van der Waals surface area contributed by atoms with Gasteiger partial charge in [-0.25, -0.2) is 16.8 Å². The second-order valence-electron chi connectivity index (χ2n) is 10.1.